The molecule has 2 rings (SSSR count). The summed E-state index contributed by atoms with van der Waals surface area (Å²) >= 11 is 1.32. The lowest BCUT2D eigenvalue weighted by atomic mass is 10.2. The van der Waals surface area contributed by atoms with Gasteiger partial charge < -0.3 is 9.47 Å². The molecule has 0 bridgehead atoms. The standard InChI is InChI=1S/C19H22N2O4S/c1-5-10-24-14(3)18(23)25-11-16-12-26-19(20-16)21(15(4)22)17-8-6-13(2)7-9-17/h5-9,12,14H,1,10-11H2,2-4H3. The van der Waals surface area contributed by atoms with E-state index in [2.05, 4.69) is 11.6 Å². The number of ether oxygens (including phenoxy) is 2. The molecule has 0 radical (unpaired) electrons. The third-order valence-corrected chi connectivity index (χ3v) is 4.37. The van der Waals surface area contributed by atoms with Gasteiger partial charge in [-0.25, -0.2) is 9.78 Å². The first-order valence-electron chi connectivity index (χ1n) is 8.13. The maximum Gasteiger partial charge on any atom is 0.335 e. The minimum atomic E-state index is -0.674. The number of rotatable bonds is 8. The largest absolute Gasteiger partial charge is 0.457 e. The highest BCUT2D eigenvalue weighted by Crippen LogP contribution is 2.29. The Hall–Kier alpha value is -2.51. The number of hydrogen-bond donors (Lipinski definition) is 0. The fraction of sp³-hybridized carbons (Fsp3) is 0.316. The molecule has 26 heavy (non-hydrogen) atoms. The highest BCUT2D eigenvalue weighted by Gasteiger charge is 2.19. The number of anilines is 2. The van der Waals surface area contributed by atoms with Crippen LogP contribution in [0.1, 0.15) is 25.1 Å². The second-order valence-electron chi connectivity index (χ2n) is 5.68. The molecule has 0 aliphatic rings. The van der Waals surface area contributed by atoms with Crippen LogP contribution in [-0.2, 0) is 25.7 Å². The van der Waals surface area contributed by atoms with Crippen molar-refractivity contribution in [1.29, 1.82) is 0 Å². The normalized spacial score (nSPS) is 11.7. The van der Waals surface area contributed by atoms with Gasteiger partial charge in [-0.1, -0.05) is 23.8 Å². The lowest BCUT2D eigenvalue weighted by Gasteiger charge is -2.18. The monoisotopic (exact) mass is 374 g/mol. The van der Waals surface area contributed by atoms with Crippen molar-refractivity contribution in [2.45, 2.75) is 33.5 Å². The Morgan fingerprint density at radius 1 is 1.35 bits per heavy atom. The molecular weight excluding hydrogens is 352 g/mol. The first kappa shape index (κ1) is 19.8. The van der Waals surface area contributed by atoms with Gasteiger partial charge >= 0.3 is 5.97 Å². The summed E-state index contributed by atoms with van der Waals surface area (Å²) in [6.45, 7) is 8.92. The maximum absolute atomic E-state index is 12.1. The first-order valence-corrected chi connectivity index (χ1v) is 9.01. The van der Waals surface area contributed by atoms with Crippen LogP contribution in [0.3, 0.4) is 0 Å². The third kappa shape index (κ3) is 5.24. The topological polar surface area (TPSA) is 68.7 Å². The fourth-order valence-corrected chi connectivity index (χ4v) is 3.00. The Bertz CT molecular complexity index is 770. The van der Waals surface area contributed by atoms with Crippen LogP contribution < -0.4 is 4.90 Å². The Kier molecular flexibility index (Phi) is 7.06. The number of thiazole rings is 1. The molecule has 1 aromatic heterocycles. The van der Waals surface area contributed by atoms with E-state index in [0.717, 1.165) is 11.3 Å². The van der Waals surface area contributed by atoms with Gasteiger partial charge in [-0.2, -0.15) is 0 Å². The van der Waals surface area contributed by atoms with E-state index in [9.17, 15) is 9.59 Å². The van der Waals surface area contributed by atoms with Crippen LogP contribution >= 0.6 is 11.3 Å². The van der Waals surface area contributed by atoms with Crippen molar-refractivity contribution in [1.82, 2.24) is 4.98 Å². The maximum atomic E-state index is 12.1. The van der Waals surface area contributed by atoms with E-state index in [0.29, 0.717) is 10.8 Å². The van der Waals surface area contributed by atoms with E-state index < -0.39 is 12.1 Å². The lowest BCUT2D eigenvalue weighted by molar-refractivity contribution is -0.156. The van der Waals surface area contributed by atoms with Gasteiger partial charge in [0.15, 0.2) is 11.2 Å². The average molecular weight is 374 g/mol. The molecule has 138 valence electrons. The van der Waals surface area contributed by atoms with Crippen LogP contribution in [-0.4, -0.2) is 29.6 Å². The van der Waals surface area contributed by atoms with E-state index >= 15 is 0 Å². The molecule has 1 amide bonds. The lowest BCUT2D eigenvalue weighted by Crippen LogP contribution is -2.24. The molecule has 0 aliphatic heterocycles. The molecule has 0 spiro atoms. The van der Waals surface area contributed by atoms with Crippen molar-refractivity contribution in [2.24, 2.45) is 0 Å². The molecule has 1 aromatic carbocycles. The molecular formula is C19H22N2O4S. The van der Waals surface area contributed by atoms with Crippen LogP contribution in [0, 0.1) is 6.92 Å². The zero-order valence-electron chi connectivity index (χ0n) is 15.1. The summed E-state index contributed by atoms with van der Waals surface area (Å²) in [4.78, 5) is 29.9. The van der Waals surface area contributed by atoms with Crippen molar-refractivity contribution in [2.75, 3.05) is 11.5 Å². The smallest absolute Gasteiger partial charge is 0.335 e. The summed E-state index contributed by atoms with van der Waals surface area (Å²) in [5.41, 5.74) is 2.43. The van der Waals surface area contributed by atoms with Gasteiger partial charge in [0.1, 0.15) is 6.61 Å². The molecule has 1 heterocycles. The van der Waals surface area contributed by atoms with Crippen LogP contribution in [0.2, 0.25) is 0 Å². The molecule has 0 saturated carbocycles. The zero-order valence-corrected chi connectivity index (χ0v) is 15.9. The summed E-state index contributed by atoms with van der Waals surface area (Å²) in [6.07, 6.45) is 0.894. The van der Waals surface area contributed by atoms with Gasteiger partial charge in [0.2, 0.25) is 5.91 Å². The summed E-state index contributed by atoms with van der Waals surface area (Å²) in [7, 11) is 0. The molecule has 6 nitrogen and oxygen atoms in total. The molecule has 0 aliphatic carbocycles. The van der Waals surface area contributed by atoms with E-state index in [1.54, 1.807) is 18.4 Å². The Balaban J connectivity index is 2.05. The quantitative estimate of drug-likeness (QED) is 0.520. The number of aromatic nitrogens is 1. The number of hydrogen-bond acceptors (Lipinski definition) is 6. The molecule has 0 saturated heterocycles. The van der Waals surface area contributed by atoms with Gasteiger partial charge in [0.25, 0.3) is 0 Å². The summed E-state index contributed by atoms with van der Waals surface area (Å²) in [5.74, 6) is -0.610. The molecule has 0 fully saturated rings. The fourth-order valence-electron chi connectivity index (χ4n) is 2.13. The highest BCUT2D eigenvalue weighted by molar-refractivity contribution is 7.14. The minimum absolute atomic E-state index is 0.0246. The molecule has 7 heteroatoms. The van der Waals surface area contributed by atoms with E-state index in [1.165, 1.54) is 23.2 Å². The van der Waals surface area contributed by atoms with Crippen LogP contribution in [0.5, 0.6) is 0 Å². The van der Waals surface area contributed by atoms with Gasteiger partial charge in [0, 0.05) is 12.3 Å². The summed E-state index contributed by atoms with van der Waals surface area (Å²) in [5, 5.41) is 2.30. The number of benzene rings is 1. The van der Waals surface area contributed by atoms with Crippen molar-refractivity contribution >= 4 is 34.0 Å². The molecule has 1 unspecified atom stereocenters. The van der Waals surface area contributed by atoms with Crippen molar-refractivity contribution < 1.29 is 19.1 Å². The average Bonchev–Trinajstić information content (AvgIpc) is 3.07. The van der Waals surface area contributed by atoms with Gasteiger partial charge in [-0.3, -0.25) is 9.69 Å². The van der Waals surface area contributed by atoms with Gasteiger partial charge in [0.05, 0.1) is 18.0 Å². The third-order valence-electron chi connectivity index (χ3n) is 3.50. The second-order valence-corrected chi connectivity index (χ2v) is 6.52. The molecule has 1 atom stereocenters. The van der Waals surface area contributed by atoms with E-state index in [1.807, 2.05) is 31.2 Å². The van der Waals surface area contributed by atoms with Crippen LogP contribution in [0.4, 0.5) is 10.8 Å². The number of esters is 1. The Morgan fingerprint density at radius 2 is 2.04 bits per heavy atom. The highest BCUT2D eigenvalue weighted by atomic mass is 32.1. The van der Waals surface area contributed by atoms with E-state index in [4.69, 9.17) is 9.47 Å². The van der Waals surface area contributed by atoms with Crippen molar-refractivity contribution in [3.05, 3.63) is 53.6 Å². The predicted molar refractivity (Wildman–Crippen MR) is 102 cm³/mol. The Labute approximate surface area is 157 Å². The number of carbonyl (C=O) groups excluding carboxylic acids is 2. The number of nitrogens with zero attached hydrogens (tertiary/aromatic N) is 2. The van der Waals surface area contributed by atoms with Crippen LogP contribution in [0.25, 0.3) is 0 Å². The van der Waals surface area contributed by atoms with Crippen LogP contribution in [0.15, 0.2) is 42.3 Å². The second kappa shape index (κ2) is 9.26. The van der Waals surface area contributed by atoms with E-state index in [-0.39, 0.29) is 19.1 Å². The molecule has 2 aromatic rings. The predicted octanol–water partition coefficient (Wildman–Crippen LogP) is 3.77. The van der Waals surface area contributed by atoms with Crippen molar-refractivity contribution in [3.8, 4) is 0 Å². The Morgan fingerprint density at radius 3 is 2.65 bits per heavy atom. The number of aryl methyl sites for hydroxylation is 1. The SMILES string of the molecule is C=CCOC(C)C(=O)OCc1csc(N(C(C)=O)c2ccc(C)cc2)n1. The zero-order chi connectivity index (χ0) is 19.1. The van der Waals surface area contributed by atoms with Crippen molar-refractivity contribution in [3.63, 3.8) is 0 Å². The number of amides is 1. The summed E-state index contributed by atoms with van der Waals surface area (Å²) in [6, 6.07) is 7.62. The minimum Gasteiger partial charge on any atom is -0.457 e. The first-order chi connectivity index (χ1) is 12.4. The van der Waals surface area contributed by atoms with Gasteiger partial charge in [-0.05, 0) is 26.0 Å². The van der Waals surface area contributed by atoms with Gasteiger partial charge in [-0.15, -0.1) is 17.9 Å². The molecule has 0 N–H and O–H groups in total. The summed E-state index contributed by atoms with van der Waals surface area (Å²) < 4.78 is 10.4. The number of carbonyl (C=O) groups is 2.